The standard InChI is InChI=1S/C27H32ClN9O2/c1-15-26(37-7-5-27(6-8-37)14-39-16(2)24(27)29)33-25-23(31-15)21(34-35-25)17-3-4-18-22(20(17)28)32-19(13-30-18)36-9-11-38-12-10-36/h3-4,13,16,24H,5-12,14,29H2,1-2H3,(H,33,34,35)/t16-,24+/m0/s1. The van der Waals surface area contributed by atoms with Crippen LogP contribution in [0.2, 0.25) is 5.02 Å². The number of nitrogens with zero attached hydrogens (tertiary/aromatic N) is 7. The summed E-state index contributed by atoms with van der Waals surface area (Å²) in [5.74, 6) is 1.66. The fourth-order valence-electron chi connectivity index (χ4n) is 6.21. The van der Waals surface area contributed by atoms with E-state index in [9.17, 15) is 0 Å². The first-order valence-electron chi connectivity index (χ1n) is 13.6. The van der Waals surface area contributed by atoms with Gasteiger partial charge in [0.1, 0.15) is 16.9 Å². The quantitative estimate of drug-likeness (QED) is 0.393. The number of halogens is 1. The van der Waals surface area contributed by atoms with Crippen LogP contribution in [-0.2, 0) is 9.47 Å². The molecule has 0 aliphatic carbocycles. The van der Waals surface area contributed by atoms with Crippen molar-refractivity contribution in [2.75, 3.05) is 55.8 Å². The summed E-state index contributed by atoms with van der Waals surface area (Å²) in [7, 11) is 0. The number of nitrogens with two attached hydrogens (primary N) is 1. The minimum Gasteiger partial charge on any atom is -0.378 e. The van der Waals surface area contributed by atoms with Gasteiger partial charge in [0.25, 0.3) is 0 Å². The Morgan fingerprint density at radius 3 is 2.59 bits per heavy atom. The summed E-state index contributed by atoms with van der Waals surface area (Å²) in [6.07, 6.45) is 3.85. The number of aromatic amines is 1. The molecule has 0 saturated carbocycles. The molecule has 204 valence electrons. The van der Waals surface area contributed by atoms with E-state index in [1.807, 2.05) is 19.1 Å². The number of fused-ring (bicyclic) bond motifs is 2. The van der Waals surface area contributed by atoms with Gasteiger partial charge in [0.05, 0.1) is 54.0 Å². The molecule has 0 unspecified atom stereocenters. The SMILES string of the molecule is Cc1nc2c(-c3ccc4ncc(N5CCOCC5)nc4c3Cl)[nH]nc2nc1N1CCC2(CC1)CO[C@@H](C)[C@H]2N. The minimum atomic E-state index is 0.0538. The van der Waals surface area contributed by atoms with E-state index in [4.69, 9.17) is 41.8 Å². The highest BCUT2D eigenvalue weighted by Crippen LogP contribution is 2.42. The first kappa shape index (κ1) is 24.9. The van der Waals surface area contributed by atoms with E-state index in [2.05, 4.69) is 31.9 Å². The fourth-order valence-corrected chi connectivity index (χ4v) is 6.50. The Hall–Kier alpha value is -3.12. The van der Waals surface area contributed by atoms with Gasteiger partial charge in [0, 0.05) is 43.2 Å². The van der Waals surface area contributed by atoms with Crippen molar-refractivity contribution in [2.45, 2.75) is 38.8 Å². The number of rotatable bonds is 3. The molecular weight excluding hydrogens is 518 g/mol. The molecule has 0 amide bonds. The molecule has 2 atom stereocenters. The lowest BCUT2D eigenvalue weighted by molar-refractivity contribution is 0.0974. The summed E-state index contributed by atoms with van der Waals surface area (Å²) in [6.45, 7) is 9.43. The Balaban J connectivity index is 1.20. The van der Waals surface area contributed by atoms with Gasteiger partial charge in [-0.2, -0.15) is 5.10 Å². The number of piperidine rings is 1. The number of hydrogen-bond acceptors (Lipinski definition) is 10. The summed E-state index contributed by atoms with van der Waals surface area (Å²) in [4.78, 5) is 23.8. The van der Waals surface area contributed by atoms with Crippen molar-refractivity contribution >= 4 is 45.4 Å². The van der Waals surface area contributed by atoms with Crippen molar-refractivity contribution in [3.63, 3.8) is 0 Å². The van der Waals surface area contributed by atoms with Crippen LogP contribution in [0, 0.1) is 12.3 Å². The van der Waals surface area contributed by atoms with Crippen LogP contribution in [0.15, 0.2) is 18.3 Å². The fraction of sp³-hybridized carbons (Fsp3) is 0.519. The van der Waals surface area contributed by atoms with Gasteiger partial charge < -0.3 is 25.0 Å². The minimum absolute atomic E-state index is 0.0538. The van der Waals surface area contributed by atoms with E-state index in [1.54, 1.807) is 6.20 Å². The first-order chi connectivity index (χ1) is 18.9. The number of nitrogens with one attached hydrogen (secondary N) is 1. The van der Waals surface area contributed by atoms with Gasteiger partial charge in [0.2, 0.25) is 5.65 Å². The van der Waals surface area contributed by atoms with Crippen molar-refractivity contribution in [3.8, 4) is 11.3 Å². The van der Waals surface area contributed by atoms with Crippen LogP contribution >= 0.6 is 11.6 Å². The zero-order valence-corrected chi connectivity index (χ0v) is 22.9. The Morgan fingerprint density at radius 1 is 1.05 bits per heavy atom. The lowest BCUT2D eigenvalue weighted by atomic mass is 9.73. The average Bonchev–Trinajstić information content (AvgIpc) is 3.49. The van der Waals surface area contributed by atoms with E-state index in [0.29, 0.717) is 34.9 Å². The van der Waals surface area contributed by atoms with Crippen molar-refractivity contribution < 1.29 is 9.47 Å². The molecule has 11 nitrogen and oxygen atoms in total. The molecule has 7 rings (SSSR count). The van der Waals surface area contributed by atoms with E-state index in [1.165, 1.54) is 0 Å². The zero-order chi connectivity index (χ0) is 26.7. The molecule has 4 aromatic rings. The highest BCUT2D eigenvalue weighted by Gasteiger charge is 2.47. The van der Waals surface area contributed by atoms with Gasteiger partial charge >= 0.3 is 0 Å². The largest absolute Gasteiger partial charge is 0.378 e. The monoisotopic (exact) mass is 549 g/mol. The summed E-state index contributed by atoms with van der Waals surface area (Å²) < 4.78 is 11.4. The van der Waals surface area contributed by atoms with Crippen LogP contribution in [-0.4, -0.2) is 88.3 Å². The molecule has 1 spiro atoms. The Bertz CT molecular complexity index is 1550. The molecule has 3 aliphatic rings. The number of benzene rings is 1. The van der Waals surface area contributed by atoms with Gasteiger partial charge in [-0.3, -0.25) is 10.1 Å². The maximum Gasteiger partial charge on any atom is 0.202 e. The smallest absolute Gasteiger partial charge is 0.202 e. The van der Waals surface area contributed by atoms with Gasteiger partial charge in [-0.1, -0.05) is 11.6 Å². The second-order valence-electron chi connectivity index (χ2n) is 10.9. The van der Waals surface area contributed by atoms with Crippen molar-refractivity contribution in [1.82, 2.24) is 30.1 Å². The van der Waals surface area contributed by atoms with Gasteiger partial charge in [-0.15, -0.1) is 0 Å². The molecule has 3 aliphatic heterocycles. The number of aromatic nitrogens is 6. The summed E-state index contributed by atoms with van der Waals surface area (Å²) in [5, 5.41) is 8.16. The van der Waals surface area contributed by atoms with E-state index in [-0.39, 0.29) is 17.6 Å². The van der Waals surface area contributed by atoms with Crippen LogP contribution in [0.1, 0.15) is 25.5 Å². The third-order valence-corrected chi connectivity index (χ3v) is 9.07. The second kappa shape index (κ2) is 9.51. The molecule has 1 aromatic carbocycles. The van der Waals surface area contributed by atoms with Crippen LogP contribution in [0.3, 0.4) is 0 Å². The molecule has 3 N–H and O–H groups in total. The molecule has 3 aromatic heterocycles. The lowest BCUT2D eigenvalue weighted by Crippen LogP contribution is -2.50. The molecule has 0 bridgehead atoms. The number of aryl methyl sites for hydroxylation is 1. The van der Waals surface area contributed by atoms with Crippen LogP contribution < -0.4 is 15.5 Å². The number of H-pyrrole nitrogens is 1. The molecule has 0 radical (unpaired) electrons. The van der Waals surface area contributed by atoms with Crippen LogP contribution in [0.4, 0.5) is 11.6 Å². The number of anilines is 2. The molecule has 6 heterocycles. The number of hydrogen-bond donors (Lipinski definition) is 2. The summed E-state index contributed by atoms with van der Waals surface area (Å²) in [5.41, 5.74) is 11.5. The molecule has 12 heteroatoms. The van der Waals surface area contributed by atoms with Gasteiger partial charge in [-0.05, 0) is 38.8 Å². The Morgan fingerprint density at radius 2 is 1.85 bits per heavy atom. The van der Waals surface area contributed by atoms with E-state index < -0.39 is 0 Å². The molecule has 3 saturated heterocycles. The maximum absolute atomic E-state index is 6.95. The Labute approximate surface area is 231 Å². The van der Waals surface area contributed by atoms with Crippen LogP contribution in [0.25, 0.3) is 33.5 Å². The second-order valence-corrected chi connectivity index (χ2v) is 11.3. The van der Waals surface area contributed by atoms with Gasteiger partial charge in [-0.25, -0.2) is 15.0 Å². The third-order valence-electron chi connectivity index (χ3n) is 8.69. The molecule has 39 heavy (non-hydrogen) atoms. The topological polar surface area (TPSA) is 131 Å². The normalized spacial score (nSPS) is 23.4. The highest BCUT2D eigenvalue weighted by molar-refractivity contribution is 6.38. The number of morpholine rings is 1. The van der Waals surface area contributed by atoms with Gasteiger partial charge in [0.15, 0.2) is 5.82 Å². The average molecular weight is 550 g/mol. The predicted octanol–water partition coefficient (Wildman–Crippen LogP) is 3.09. The first-order valence-corrected chi connectivity index (χ1v) is 13.9. The van der Waals surface area contributed by atoms with E-state index in [0.717, 1.165) is 79.7 Å². The third kappa shape index (κ3) is 4.10. The van der Waals surface area contributed by atoms with Crippen LogP contribution in [0.5, 0.6) is 0 Å². The van der Waals surface area contributed by atoms with Crippen molar-refractivity contribution in [1.29, 1.82) is 0 Å². The highest BCUT2D eigenvalue weighted by atomic mass is 35.5. The Kier molecular flexibility index (Phi) is 6.07. The zero-order valence-electron chi connectivity index (χ0n) is 22.2. The number of ether oxygens (including phenoxy) is 2. The summed E-state index contributed by atoms with van der Waals surface area (Å²) in [6, 6.07) is 3.93. The molecule has 3 fully saturated rings. The lowest BCUT2D eigenvalue weighted by Gasteiger charge is -2.41. The molecular formula is C27H32ClN9O2. The summed E-state index contributed by atoms with van der Waals surface area (Å²) >= 11 is 6.95. The van der Waals surface area contributed by atoms with Crippen molar-refractivity contribution in [3.05, 3.63) is 29.0 Å². The van der Waals surface area contributed by atoms with Crippen molar-refractivity contribution in [2.24, 2.45) is 11.1 Å². The van der Waals surface area contributed by atoms with E-state index >= 15 is 0 Å². The maximum atomic E-state index is 6.95. The predicted molar refractivity (Wildman–Crippen MR) is 150 cm³/mol.